The highest BCUT2D eigenvalue weighted by molar-refractivity contribution is 5.90. The fourth-order valence-corrected chi connectivity index (χ4v) is 2.06. The van der Waals surface area contributed by atoms with Crippen LogP contribution in [0.5, 0.6) is 0 Å². The van der Waals surface area contributed by atoms with Crippen LogP contribution in [0.15, 0.2) is 0 Å². The van der Waals surface area contributed by atoms with E-state index < -0.39 is 11.9 Å². The van der Waals surface area contributed by atoms with Gasteiger partial charge in [-0.25, -0.2) is 0 Å². The normalized spacial score (nSPS) is 28.7. The van der Waals surface area contributed by atoms with Gasteiger partial charge in [-0.3, -0.25) is 9.59 Å². The maximum Gasteiger partial charge on any atom is 0.307 e. The monoisotopic (exact) mass is 199 g/mol. The Morgan fingerprint density at radius 1 is 1.36 bits per heavy atom. The SMILES string of the molecule is CNC(C)C(=O)C1CCCC1C(=O)O. The summed E-state index contributed by atoms with van der Waals surface area (Å²) < 4.78 is 0. The van der Waals surface area contributed by atoms with Gasteiger partial charge in [0, 0.05) is 5.92 Å². The Hall–Kier alpha value is -0.900. The molecule has 3 unspecified atom stereocenters. The van der Waals surface area contributed by atoms with Gasteiger partial charge in [0.1, 0.15) is 0 Å². The minimum Gasteiger partial charge on any atom is -0.481 e. The van der Waals surface area contributed by atoms with Crippen LogP contribution in [-0.4, -0.2) is 29.9 Å². The van der Waals surface area contributed by atoms with Crippen molar-refractivity contribution in [1.29, 1.82) is 0 Å². The average Bonchev–Trinajstić information content (AvgIpc) is 2.63. The average molecular weight is 199 g/mol. The van der Waals surface area contributed by atoms with E-state index in [-0.39, 0.29) is 17.7 Å². The summed E-state index contributed by atoms with van der Waals surface area (Å²) in [5.41, 5.74) is 0. The summed E-state index contributed by atoms with van der Waals surface area (Å²) in [5, 5.41) is 11.8. The molecule has 0 heterocycles. The van der Waals surface area contributed by atoms with Crippen LogP contribution in [0.25, 0.3) is 0 Å². The quantitative estimate of drug-likeness (QED) is 0.698. The second-order valence-electron chi connectivity index (χ2n) is 3.89. The number of carbonyl (C=O) groups excluding carboxylic acids is 1. The number of aliphatic carboxylic acids is 1. The molecular formula is C10H17NO3. The van der Waals surface area contributed by atoms with Crippen molar-refractivity contribution in [3.05, 3.63) is 0 Å². The van der Waals surface area contributed by atoms with E-state index in [0.29, 0.717) is 6.42 Å². The van der Waals surface area contributed by atoms with Gasteiger partial charge in [-0.1, -0.05) is 6.42 Å². The van der Waals surface area contributed by atoms with Crippen LogP contribution in [0.1, 0.15) is 26.2 Å². The van der Waals surface area contributed by atoms with Crippen molar-refractivity contribution in [3.63, 3.8) is 0 Å². The molecule has 0 aromatic heterocycles. The molecular weight excluding hydrogens is 182 g/mol. The van der Waals surface area contributed by atoms with Crippen LogP contribution in [-0.2, 0) is 9.59 Å². The minimum atomic E-state index is -0.829. The van der Waals surface area contributed by atoms with Crippen molar-refractivity contribution in [1.82, 2.24) is 5.32 Å². The Balaban J connectivity index is 2.67. The molecule has 80 valence electrons. The van der Waals surface area contributed by atoms with Crippen LogP contribution in [0, 0.1) is 11.8 Å². The molecule has 1 saturated carbocycles. The first kappa shape index (κ1) is 11.2. The van der Waals surface area contributed by atoms with Crippen LogP contribution < -0.4 is 5.32 Å². The van der Waals surface area contributed by atoms with Crippen LogP contribution in [0.4, 0.5) is 0 Å². The molecule has 4 heteroatoms. The minimum absolute atomic E-state index is 0.0393. The first-order valence-corrected chi connectivity index (χ1v) is 5.01. The molecule has 1 aliphatic rings. The molecule has 1 aliphatic carbocycles. The zero-order chi connectivity index (χ0) is 10.7. The van der Waals surface area contributed by atoms with Gasteiger partial charge < -0.3 is 10.4 Å². The third-order valence-electron chi connectivity index (χ3n) is 3.06. The van der Waals surface area contributed by atoms with Gasteiger partial charge in [-0.15, -0.1) is 0 Å². The van der Waals surface area contributed by atoms with Crippen molar-refractivity contribution in [2.24, 2.45) is 11.8 Å². The van der Waals surface area contributed by atoms with Crippen molar-refractivity contribution in [2.45, 2.75) is 32.2 Å². The van der Waals surface area contributed by atoms with Crippen LogP contribution >= 0.6 is 0 Å². The fraction of sp³-hybridized carbons (Fsp3) is 0.800. The third kappa shape index (κ3) is 2.12. The van der Waals surface area contributed by atoms with Gasteiger partial charge in [-0.2, -0.15) is 0 Å². The number of carboxylic acid groups (broad SMARTS) is 1. The van der Waals surface area contributed by atoms with E-state index >= 15 is 0 Å². The van der Waals surface area contributed by atoms with Gasteiger partial charge in [0.05, 0.1) is 12.0 Å². The standard InChI is InChI=1S/C10H17NO3/c1-6(11-2)9(12)7-4-3-5-8(7)10(13)14/h6-8,11H,3-5H2,1-2H3,(H,13,14). The zero-order valence-electron chi connectivity index (χ0n) is 8.62. The topological polar surface area (TPSA) is 66.4 Å². The summed E-state index contributed by atoms with van der Waals surface area (Å²) in [6.45, 7) is 1.78. The molecule has 0 amide bonds. The van der Waals surface area contributed by atoms with E-state index in [0.717, 1.165) is 12.8 Å². The lowest BCUT2D eigenvalue weighted by Gasteiger charge is -2.18. The smallest absolute Gasteiger partial charge is 0.307 e. The molecule has 0 aromatic rings. The molecule has 3 atom stereocenters. The van der Waals surface area contributed by atoms with E-state index in [2.05, 4.69) is 5.32 Å². The Morgan fingerprint density at radius 3 is 2.43 bits per heavy atom. The van der Waals surface area contributed by atoms with Gasteiger partial charge in [0.2, 0.25) is 0 Å². The number of carbonyl (C=O) groups is 2. The molecule has 0 aliphatic heterocycles. The highest BCUT2D eigenvalue weighted by Gasteiger charge is 2.38. The van der Waals surface area contributed by atoms with Gasteiger partial charge in [0.25, 0.3) is 0 Å². The summed E-state index contributed by atoms with van der Waals surface area (Å²) >= 11 is 0. The van der Waals surface area contributed by atoms with Crippen molar-refractivity contribution >= 4 is 11.8 Å². The molecule has 0 saturated heterocycles. The number of carboxylic acids is 1. The maximum atomic E-state index is 11.8. The number of likely N-dealkylation sites (N-methyl/N-ethyl adjacent to an activating group) is 1. The van der Waals surface area contributed by atoms with Gasteiger partial charge in [-0.05, 0) is 26.8 Å². The number of rotatable bonds is 4. The second kappa shape index (κ2) is 4.55. The molecule has 0 spiro atoms. The lowest BCUT2D eigenvalue weighted by atomic mass is 9.89. The molecule has 0 aromatic carbocycles. The number of hydrogen-bond donors (Lipinski definition) is 2. The molecule has 14 heavy (non-hydrogen) atoms. The van der Waals surface area contributed by atoms with E-state index in [1.165, 1.54) is 0 Å². The highest BCUT2D eigenvalue weighted by Crippen LogP contribution is 2.33. The van der Waals surface area contributed by atoms with Crippen molar-refractivity contribution < 1.29 is 14.7 Å². The van der Waals surface area contributed by atoms with E-state index in [1.807, 2.05) is 0 Å². The second-order valence-corrected chi connectivity index (χ2v) is 3.89. The molecule has 4 nitrogen and oxygen atoms in total. The summed E-state index contributed by atoms with van der Waals surface area (Å²) in [6, 6.07) is -0.236. The predicted molar refractivity (Wildman–Crippen MR) is 52.0 cm³/mol. The van der Waals surface area contributed by atoms with Crippen LogP contribution in [0.2, 0.25) is 0 Å². The van der Waals surface area contributed by atoms with E-state index in [9.17, 15) is 9.59 Å². The fourth-order valence-electron chi connectivity index (χ4n) is 2.06. The maximum absolute atomic E-state index is 11.8. The Kier molecular flexibility index (Phi) is 3.63. The summed E-state index contributed by atoms with van der Waals surface area (Å²) in [6.07, 6.45) is 2.22. The van der Waals surface area contributed by atoms with Crippen molar-refractivity contribution in [2.75, 3.05) is 7.05 Å². The first-order valence-electron chi connectivity index (χ1n) is 5.01. The van der Waals surface area contributed by atoms with Crippen molar-refractivity contribution in [3.8, 4) is 0 Å². The zero-order valence-corrected chi connectivity index (χ0v) is 8.62. The lowest BCUT2D eigenvalue weighted by molar-refractivity contribution is -0.145. The first-order chi connectivity index (χ1) is 6.57. The third-order valence-corrected chi connectivity index (χ3v) is 3.06. The Morgan fingerprint density at radius 2 is 1.93 bits per heavy atom. The summed E-state index contributed by atoms with van der Waals surface area (Å²) in [5.74, 6) is -1.53. The molecule has 1 fully saturated rings. The largest absolute Gasteiger partial charge is 0.481 e. The van der Waals surface area contributed by atoms with Crippen LogP contribution in [0.3, 0.4) is 0 Å². The predicted octanol–water partition coefficient (Wildman–Crippen LogP) is 0.664. The van der Waals surface area contributed by atoms with Gasteiger partial charge >= 0.3 is 5.97 Å². The Labute approximate surface area is 83.7 Å². The molecule has 0 radical (unpaired) electrons. The highest BCUT2D eigenvalue weighted by atomic mass is 16.4. The summed E-state index contributed by atoms with van der Waals surface area (Å²) in [4.78, 5) is 22.6. The number of Topliss-reactive ketones (excluding diaryl/α,β-unsaturated/α-hetero) is 1. The number of nitrogens with one attached hydrogen (secondary N) is 1. The molecule has 0 bridgehead atoms. The van der Waals surface area contributed by atoms with E-state index in [4.69, 9.17) is 5.11 Å². The lowest BCUT2D eigenvalue weighted by Crippen LogP contribution is -2.38. The van der Waals surface area contributed by atoms with E-state index in [1.54, 1.807) is 14.0 Å². The molecule has 2 N–H and O–H groups in total. The number of ketones is 1. The molecule has 1 rings (SSSR count). The summed E-state index contributed by atoms with van der Waals surface area (Å²) in [7, 11) is 1.72. The van der Waals surface area contributed by atoms with Gasteiger partial charge in [0.15, 0.2) is 5.78 Å². The number of hydrogen-bond acceptors (Lipinski definition) is 3. The Bertz CT molecular complexity index is 240.